The predicted molar refractivity (Wildman–Crippen MR) is 125 cm³/mol. The van der Waals surface area contributed by atoms with E-state index in [0.29, 0.717) is 6.61 Å². The highest BCUT2D eigenvalue weighted by Crippen LogP contribution is 2.44. The summed E-state index contributed by atoms with van der Waals surface area (Å²) in [6, 6.07) is 15.0. The summed E-state index contributed by atoms with van der Waals surface area (Å²) in [4.78, 5) is 36.1. The normalized spacial score (nSPS) is 13.9. The van der Waals surface area contributed by atoms with Crippen LogP contribution >= 0.6 is 0 Å². The lowest BCUT2D eigenvalue weighted by Crippen LogP contribution is -2.51. The summed E-state index contributed by atoms with van der Waals surface area (Å²) in [5, 5.41) is 14.1. The van der Waals surface area contributed by atoms with Crippen LogP contribution in [0.2, 0.25) is 0 Å². The second kappa shape index (κ2) is 12.2. The summed E-state index contributed by atoms with van der Waals surface area (Å²) >= 11 is 0. The van der Waals surface area contributed by atoms with Crippen LogP contribution in [0.15, 0.2) is 48.5 Å². The molecule has 2 amide bonds. The topological polar surface area (TPSA) is 123 Å². The number of hydrogen-bond acceptors (Lipinski definition) is 6. The van der Waals surface area contributed by atoms with Crippen molar-refractivity contribution in [3.8, 4) is 11.1 Å². The first-order valence-electron chi connectivity index (χ1n) is 11.2. The Balaban J connectivity index is 1.58. The lowest BCUT2D eigenvalue weighted by Gasteiger charge is -2.21. The van der Waals surface area contributed by atoms with E-state index in [1.54, 1.807) is 6.92 Å². The highest BCUT2D eigenvalue weighted by atomic mass is 16.5. The first-order valence-corrected chi connectivity index (χ1v) is 11.2. The maximum atomic E-state index is 12.6. The molecule has 0 heterocycles. The Morgan fingerprint density at radius 1 is 1.03 bits per heavy atom. The Bertz CT molecular complexity index is 965. The Morgan fingerprint density at radius 2 is 1.65 bits per heavy atom. The number of amides is 2. The standard InChI is InChI=1S/C25H30N2O7/c1-3-33-16(12-23(28)29)13-26-24(30)22(15-32-2)27-25(31)34-14-21-19-10-6-4-8-17(19)18-9-5-7-11-20(18)21/h4-11,16,21-22H,3,12-15H2,1-2H3,(H,26,30)(H,27,31)(H,28,29). The molecule has 0 aliphatic heterocycles. The highest BCUT2D eigenvalue weighted by Gasteiger charge is 2.30. The maximum absolute atomic E-state index is 12.6. The Labute approximate surface area is 198 Å². The van der Waals surface area contributed by atoms with Gasteiger partial charge in [0.2, 0.25) is 5.91 Å². The van der Waals surface area contributed by atoms with Crippen molar-refractivity contribution < 1.29 is 33.7 Å². The fourth-order valence-corrected chi connectivity index (χ4v) is 4.09. The molecule has 0 saturated carbocycles. The predicted octanol–water partition coefficient (Wildman–Crippen LogP) is 2.54. The number of rotatable bonds is 12. The molecule has 0 aromatic heterocycles. The number of aliphatic carboxylic acids is 1. The van der Waals surface area contributed by atoms with Crippen LogP contribution in [0, 0.1) is 0 Å². The molecular formula is C25H30N2O7. The van der Waals surface area contributed by atoms with Crippen molar-refractivity contribution >= 4 is 18.0 Å². The van der Waals surface area contributed by atoms with Crippen molar-refractivity contribution in [3.05, 3.63) is 59.7 Å². The average molecular weight is 471 g/mol. The second-order valence-electron chi connectivity index (χ2n) is 7.90. The van der Waals surface area contributed by atoms with E-state index in [1.165, 1.54) is 7.11 Å². The van der Waals surface area contributed by atoms with Gasteiger partial charge in [0.05, 0.1) is 19.1 Å². The minimum Gasteiger partial charge on any atom is -0.481 e. The van der Waals surface area contributed by atoms with Crippen LogP contribution in [-0.2, 0) is 23.8 Å². The van der Waals surface area contributed by atoms with E-state index in [9.17, 15) is 14.4 Å². The Hall–Kier alpha value is -3.43. The van der Waals surface area contributed by atoms with Crippen LogP contribution in [0.1, 0.15) is 30.4 Å². The van der Waals surface area contributed by atoms with Crippen LogP contribution in [0.4, 0.5) is 4.79 Å². The molecule has 2 unspecified atom stereocenters. The van der Waals surface area contributed by atoms with Gasteiger partial charge in [-0.1, -0.05) is 48.5 Å². The van der Waals surface area contributed by atoms with Crippen molar-refractivity contribution in [3.63, 3.8) is 0 Å². The quantitative estimate of drug-likeness (QED) is 0.436. The van der Waals surface area contributed by atoms with Gasteiger partial charge in [-0.2, -0.15) is 0 Å². The van der Waals surface area contributed by atoms with Gasteiger partial charge in [-0.05, 0) is 29.2 Å². The zero-order valence-electron chi connectivity index (χ0n) is 19.3. The maximum Gasteiger partial charge on any atom is 0.407 e. The first kappa shape index (κ1) is 25.2. The molecule has 1 aliphatic carbocycles. The SMILES string of the molecule is CCOC(CNC(=O)C(COC)NC(=O)OCC1c2ccccc2-c2ccccc21)CC(=O)O. The third-order valence-corrected chi connectivity index (χ3v) is 5.59. The molecule has 0 fully saturated rings. The number of carboxylic acid groups (broad SMARTS) is 1. The van der Waals surface area contributed by atoms with Crippen LogP contribution < -0.4 is 10.6 Å². The fourth-order valence-electron chi connectivity index (χ4n) is 4.09. The molecule has 3 N–H and O–H groups in total. The molecule has 182 valence electrons. The van der Waals surface area contributed by atoms with Crippen LogP contribution in [0.25, 0.3) is 11.1 Å². The fraction of sp³-hybridized carbons (Fsp3) is 0.400. The number of ether oxygens (including phenoxy) is 3. The van der Waals surface area contributed by atoms with Crippen LogP contribution in [0.5, 0.6) is 0 Å². The molecule has 0 bridgehead atoms. The third kappa shape index (κ3) is 6.33. The van der Waals surface area contributed by atoms with Crippen LogP contribution in [-0.4, -0.2) is 68.7 Å². The number of hydrogen-bond donors (Lipinski definition) is 3. The summed E-state index contributed by atoms with van der Waals surface area (Å²) in [6.45, 7) is 2.09. The van der Waals surface area contributed by atoms with Gasteiger partial charge in [0.1, 0.15) is 12.6 Å². The number of nitrogens with one attached hydrogen (secondary N) is 2. The van der Waals surface area contributed by atoms with E-state index in [1.807, 2.05) is 48.5 Å². The number of benzene rings is 2. The number of carbonyl (C=O) groups is 3. The number of carbonyl (C=O) groups excluding carboxylic acids is 2. The summed E-state index contributed by atoms with van der Waals surface area (Å²) in [7, 11) is 1.41. The first-order chi connectivity index (χ1) is 16.4. The molecule has 2 atom stereocenters. The molecule has 9 heteroatoms. The molecule has 2 aromatic carbocycles. The molecule has 34 heavy (non-hydrogen) atoms. The van der Waals surface area contributed by atoms with E-state index < -0.39 is 30.1 Å². The summed E-state index contributed by atoms with van der Waals surface area (Å²) in [6.07, 6.45) is -1.67. The summed E-state index contributed by atoms with van der Waals surface area (Å²) < 4.78 is 15.9. The summed E-state index contributed by atoms with van der Waals surface area (Å²) in [5.74, 6) is -1.65. The van der Waals surface area contributed by atoms with Gasteiger partial charge in [0, 0.05) is 26.2 Å². The lowest BCUT2D eigenvalue weighted by atomic mass is 9.98. The molecule has 2 aromatic rings. The molecule has 3 rings (SSSR count). The van der Waals surface area contributed by atoms with E-state index >= 15 is 0 Å². The smallest absolute Gasteiger partial charge is 0.407 e. The highest BCUT2D eigenvalue weighted by molar-refractivity contribution is 5.86. The van der Waals surface area contributed by atoms with Crippen LogP contribution in [0.3, 0.4) is 0 Å². The monoisotopic (exact) mass is 470 g/mol. The molecule has 0 saturated heterocycles. The number of carboxylic acids is 1. The molecule has 0 radical (unpaired) electrons. The van der Waals surface area contributed by atoms with Crippen molar-refractivity contribution in [2.75, 3.05) is 33.5 Å². The van der Waals surface area contributed by atoms with Crippen molar-refractivity contribution in [1.29, 1.82) is 0 Å². The van der Waals surface area contributed by atoms with Gasteiger partial charge in [-0.3, -0.25) is 9.59 Å². The Kier molecular flexibility index (Phi) is 9.00. The van der Waals surface area contributed by atoms with Gasteiger partial charge in [0.25, 0.3) is 0 Å². The van der Waals surface area contributed by atoms with Crippen molar-refractivity contribution in [2.45, 2.75) is 31.4 Å². The lowest BCUT2D eigenvalue weighted by molar-refractivity contribution is -0.140. The van der Waals surface area contributed by atoms with E-state index in [4.69, 9.17) is 19.3 Å². The van der Waals surface area contributed by atoms with Gasteiger partial charge in [0.15, 0.2) is 0 Å². The number of alkyl carbamates (subject to hydrolysis) is 1. The van der Waals surface area contributed by atoms with E-state index in [0.717, 1.165) is 22.3 Å². The van der Waals surface area contributed by atoms with E-state index in [-0.39, 0.29) is 32.1 Å². The van der Waals surface area contributed by atoms with Gasteiger partial charge in [-0.15, -0.1) is 0 Å². The minimum atomic E-state index is -1.03. The van der Waals surface area contributed by atoms with Gasteiger partial charge < -0.3 is 30.0 Å². The minimum absolute atomic E-state index is 0.00838. The Morgan fingerprint density at radius 3 is 2.21 bits per heavy atom. The largest absolute Gasteiger partial charge is 0.481 e. The molecule has 9 nitrogen and oxygen atoms in total. The molecule has 1 aliphatic rings. The zero-order valence-corrected chi connectivity index (χ0v) is 19.3. The summed E-state index contributed by atoms with van der Waals surface area (Å²) in [5.41, 5.74) is 4.41. The van der Waals surface area contributed by atoms with E-state index in [2.05, 4.69) is 10.6 Å². The molecule has 0 spiro atoms. The zero-order chi connectivity index (χ0) is 24.5. The molecular weight excluding hydrogens is 440 g/mol. The van der Waals surface area contributed by atoms with Crippen molar-refractivity contribution in [1.82, 2.24) is 10.6 Å². The van der Waals surface area contributed by atoms with Crippen molar-refractivity contribution in [2.24, 2.45) is 0 Å². The van der Waals surface area contributed by atoms with Gasteiger partial charge >= 0.3 is 12.1 Å². The number of methoxy groups -OCH3 is 1. The average Bonchev–Trinajstić information content (AvgIpc) is 3.14. The second-order valence-corrected chi connectivity index (χ2v) is 7.90. The third-order valence-electron chi connectivity index (χ3n) is 5.59. The number of fused-ring (bicyclic) bond motifs is 3. The van der Waals surface area contributed by atoms with Gasteiger partial charge in [-0.25, -0.2) is 4.79 Å².